The number of phenols is 1. The number of benzene rings is 1. The van der Waals surface area contributed by atoms with Crippen LogP contribution >= 0.6 is 0 Å². The van der Waals surface area contributed by atoms with Crippen molar-refractivity contribution in [2.45, 2.75) is 45.8 Å². The van der Waals surface area contributed by atoms with Gasteiger partial charge in [-0.1, -0.05) is 6.07 Å². The van der Waals surface area contributed by atoms with E-state index in [1.165, 1.54) is 13.0 Å². The number of aromatic hydroxyl groups is 1. The summed E-state index contributed by atoms with van der Waals surface area (Å²) in [5, 5.41) is 32.0. The van der Waals surface area contributed by atoms with Gasteiger partial charge in [-0.3, -0.25) is 10.1 Å². The molecule has 1 aromatic carbocycles. The minimum absolute atomic E-state index is 0.136. The number of hydrogen-bond acceptors (Lipinski definition) is 6. The van der Waals surface area contributed by atoms with Crippen molar-refractivity contribution in [2.24, 2.45) is 0 Å². The van der Waals surface area contributed by atoms with Gasteiger partial charge in [0.2, 0.25) is 0 Å². The summed E-state index contributed by atoms with van der Waals surface area (Å²) in [7, 11) is 0. The summed E-state index contributed by atoms with van der Waals surface area (Å²) in [4.78, 5) is 33.3. The topological polar surface area (TPSA) is 139 Å². The molecule has 0 bridgehead atoms. The van der Waals surface area contributed by atoms with Gasteiger partial charge < -0.3 is 20.3 Å². The molecule has 24 heavy (non-hydrogen) atoms. The van der Waals surface area contributed by atoms with E-state index in [0.717, 1.165) is 6.07 Å². The third-order valence-electron chi connectivity index (χ3n) is 3.12. The Balaban J connectivity index is 3.02. The number of carboxylic acid groups (broad SMARTS) is 1. The molecule has 9 heteroatoms. The van der Waals surface area contributed by atoms with Gasteiger partial charge in [0.25, 0.3) is 0 Å². The van der Waals surface area contributed by atoms with Gasteiger partial charge in [0.05, 0.1) is 4.92 Å². The first-order chi connectivity index (χ1) is 10.9. The number of carbonyl (C=O) groups excluding carboxylic acids is 1. The molecule has 0 unspecified atom stereocenters. The fourth-order valence-corrected chi connectivity index (χ4v) is 2.05. The Bertz CT molecular complexity index is 665. The van der Waals surface area contributed by atoms with Gasteiger partial charge in [0.1, 0.15) is 11.6 Å². The van der Waals surface area contributed by atoms with Gasteiger partial charge >= 0.3 is 17.7 Å². The standard InChI is InChI=1S/C15H20N2O7/c1-8-9(5-6-11(18)12(8)17(22)23)7-10(13(19)20)16-14(21)24-15(2,3)4/h5-6,10,18H,7H2,1-4H3,(H,16,21)(H,19,20)/t10-/m0/s1. The number of nitrogens with one attached hydrogen (secondary N) is 1. The van der Waals surface area contributed by atoms with Crippen LogP contribution < -0.4 is 5.32 Å². The molecule has 0 aliphatic rings. The molecule has 0 heterocycles. The number of carboxylic acids is 1. The summed E-state index contributed by atoms with van der Waals surface area (Å²) in [6.07, 6.45) is -1.09. The van der Waals surface area contributed by atoms with Crippen LogP contribution in [0.1, 0.15) is 31.9 Å². The number of aliphatic carboxylic acids is 1. The average molecular weight is 340 g/mol. The van der Waals surface area contributed by atoms with Crippen molar-refractivity contribution < 1.29 is 29.5 Å². The fraction of sp³-hybridized carbons (Fsp3) is 0.467. The van der Waals surface area contributed by atoms with E-state index in [1.807, 2.05) is 0 Å². The zero-order valence-corrected chi connectivity index (χ0v) is 13.8. The maximum Gasteiger partial charge on any atom is 0.408 e. The molecule has 0 aromatic heterocycles. The third-order valence-corrected chi connectivity index (χ3v) is 3.12. The van der Waals surface area contributed by atoms with Crippen molar-refractivity contribution in [1.82, 2.24) is 5.32 Å². The predicted molar refractivity (Wildman–Crippen MR) is 84.0 cm³/mol. The lowest BCUT2D eigenvalue weighted by atomic mass is 9.99. The van der Waals surface area contributed by atoms with E-state index in [1.54, 1.807) is 20.8 Å². The number of nitrogens with zero attached hydrogens (tertiary/aromatic N) is 1. The number of nitro benzene ring substituents is 1. The van der Waals surface area contributed by atoms with E-state index in [4.69, 9.17) is 4.74 Å². The molecule has 1 rings (SSSR count). The van der Waals surface area contributed by atoms with E-state index in [2.05, 4.69) is 5.32 Å². The Morgan fingerprint density at radius 1 is 1.38 bits per heavy atom. The molecule has 1 aromatic rings. The highest BCUT2D eigenvalue weighted by atomic mass is 16.6. The van der Waals surface area contributed by atoms with E-state index >= 15 is 0 Å². The van der Waals surface area contributed by atoms with Gasteiger partial charge in [0, 0.05) is 12.0 Å². The molecule has 1 atom stereocenters. The second-order valence-electron chi connectivity index (χ2n) is 6.22. The van der Waals surface area contributed by atoms with E-state index in [9.17, 15) is 29.9 Å². The van der Waals surface area contributed by atoms with Crippen LogP contribution in [-0.4, -0.2) is 38.8 Å². The molecule has 1 amide bonds. The molecule has 132 valence electrons. The number of ether oxygens (including phenoxy) is 1. The Hall–Kier alpha value is -2.84. The zero-order chi connectivity index (χ0) is 18.7. The number of rotatable bonds is 5. The highest BCUT2D eigenvalue weighted by Crippen LogP contribution is 2.32. The van der Waals surface area contributed by atoms with Crippen molar-refractivity contribution in [2.75, 3.05) is 0 Å². The predicted octanol–water partition coefficient (Wildman–Crippen LogP) is 2.13. The summed E-state index contributed by atoms with van der Waals surface area (Å²) >= 11 is 0. The number of phenolic OH excluding ortho intramolecular Hbond substituents is 1. The van der Waals surface area contributed by atoms with Crippen LogP contribution in [0.5, 0.6) is 5.75 Å². The van der Waals surface area contributed by atoms with Gasteiger partial charge in [0.15, 0.2) is 5.75 Å². The first-order valence-corrected chi connectivity index (χ1v) is 7.10. The Labute approximate surface area is 138 Å². The number of hydrogen-bond donors (Lipinski definition) is 3. The monoisotopic (exact) mass is 340 g/mol. The Morgan fingerprint density at radius 2 is 1.96 bits per heavy atom. The number of alkyl carbamates (subject to hydrolysis) is 1. The van der Waals surface area contributed by atoms with E-state index < -0.39 is 40.1 Å². The van der Waals surface area contributed by atoms with Crippen LogP contribution in [0.2, 0.25) is 0 Å². The molecule has 0 aliphatic heterocycles. The summed E-state index contributed by atoms with van der Waals surface area (Å²) in [5.41, 5.74) is -0.825. The minimum atomic E-state index is -1.33. The molecular weight excluding hydrogens is 320 g/mol. The minimum Gasteiger partial charge on any atom is -0.502 e. The van der Waals surface area contributed by atoms with Crippen LogP contribution in [-0.2, 0) is 16.0 Å². The Kier molecular flexibility index (Phi) is 5.73. The van der Waals surface area contributed by atoms with Gasteiger partial charge in [-0.2, -0.15) is 0 Å². The van der Waals surface area contributed by atoms with Crippen LogP contribution in [0.4, 0.5) is 10.5 Å². The van der Waals surface area contributed by atoms with Crippen LogP contribution in [0.15, 0.2) is 12.1 Å². The SMILES string of the molecule is Cc1c(C[C@H](NC(=O)OC(C)(C)C)C(=O)O)ccc(O)c1[N+](=O)[O-]. The van der Waals surface area contributed by atoms with Crippen molar-refractivity contribution >= 4 is 17.7 Å². The summed E-state index contributed by atoms with van der Waals surface area (Å²) < 4.78 is 5.01. The van der Waals surface area contributed by atoms with Crippen LogP contribution in [0.25, 0.3) is 0 Å². The van der Waals surface area contributed by atoms with Gasteiger partial charge in [-0.25, -0.2) is 9.59 Å². The molecule has 0 aliphatic carbocycles. The van der Waals surface area contributed by atoms with Crippen LogP contribution in [0.3, 0.4) is 0 Å². The molecular formula is C15H20N2O7. The zero-order valence-electron chi connectivity index (χ0n) is 13.8. The third kappa shape index (κ3) is 5.11. The maximum absolute atomic E-state index is 11.7. The van der Waals surface area contributed by atoms with Crippen molar-refractivity contribution in [1.29, 1.82) is 0 Å². The normalized spacial score (nSPS) is 12.3. The molecule has 0 saturated carbocycles. The average Bonchev–Trinajstić information content (AvgIpc) is 2.38. The summed E-state index contributed by atoms with van der Waals surface area (Å²) in [5.74, 6) is -1.82. The van der Waals surface area contributed by atoms with Crippen molar-refractivity contribution in [3.8, 4) is 5.75 Å². The summed E-state index contributed by atoms with van der Waals surface area (Å²) in [6, 6.07) is 1.17. The number of carbonyl (C=O) groups is 2. The molecule has 0 fully saturated rings. The van der Waals surface area contributed by atoms with E-state index in [-0.39, 0.29) is 12.0 Å². The van der Waals surface area contributed by atoms with Gasteiger partial charge in [-0.15, -0.1) is 0 Å². The maximum atomic E-state index is 11.7. The fourth-order valence-electron chi connectivity index (χ4n) is 2.05. The first-order valence-electron chi connectivity index (χ1n) is 7.10. The second kappa shape index (κ2) is 7.16. The Morgan fingerprint density at radius 3 is 2.42 bits per heavy atom. The van der Waals surface area contributed by atoms with Crippen LogP contribution in [0, 0.1) is 17.0 Å². The van der Waals surface area contributed by atoms with E-state index in [0.29, 0.717) is 5.56 Å². The van der Waals surface area contributed by atoms with Crippen molar-refractivity contribution in [3.05, 3.63) is 33.4 Å². The van der Waals surface area contributed by atoms with Gasteiger partial charge in [-0.05, 0) is 39.3 Å². The number of amides is 1. The molecule has 3 N–H and O–H groups in total. The lowest BCUT2D eigenvalue weighted by Crippen LogP contribution is -2.44. The first kappa shape index (κ1) is 19.2. The summed E-state index contributed by atoms with van der Waals surface area (Å²) in [6.45, 7) is 6.31. The largest absolute Gasteiger partial charge is 0.502 e. The molecule has 9 nitrogen and oxygen atoms in total. The second-order valence-corrected chi connectivity index (χ2v) is 6.22. The molecule has 0 saturated heterocycles. The smallest absolute Gasteiger partial charge is 0.408 e. The quantitative estimate of drug-likeness (QED) is 0.551. The lowest BCUT2D eigenvalue weighted by Gasteiger charge is -2.22. The lowest BCUT2D eigenvalue weighted by molar-refractivity contribution is -0.386. The van der Waals surface area contributed by atoms with Crippen molar-refractivity contribution in [3.63, 3.8) is 0 Å². The number of nitro groups is 1. The molecule has 0 radical (unpaired) electrons. The highest BCUT2D eigenvalue weighted by Gasteiger charge is 2.27. The molecule has 0 spiro atoms. The highest BCUT2D eigenvalue weighted by molar-refractivity contribution is 5.80.